The quantitative estimate of drug-likeness (QED) is 0.463. The summed E-state index contributed by atoms with van der Waals surface area (Å²) in [7, 11) is 0. The predicted molar refractivity (Wildman–Crippen MR) is 39.8 cm³/mol. The van der Waals surface area contributed by atoms with E-state index in [0.717, 1.165) is 0 Å². The van der Waals surface area contributed by atoms with E-state index in [0.29, 0.717) is 5.84 Å². The fourth-order valence-corrected chi connectivity index (χ4v) is 1.03. The van der Waals surface area contributed by atoms with E-state index in [9.17, 15) is 4.79 Å². The van der Waals surface area contributed by atoms with Gasteiger partial charge in [0.05, 0.1) is 0 Å². The maximum Gasteiger partial charge on any atom is 0.241 e. The van der Waals surface area contributed by atoms with Crippen LogP contribution in [0.2, 0.25) is 0 Å². The van der Waals surface area contributed by atoms with Crippen molar-refractivity contribution in [1.82, 2.24) is 5.32 Å². The molecule has 0 aromatic rings. The zero-order chi connectivity index (χ0) is 7.84. The van der Waals surface area contributed by atoms with E-state index >= 15 is 0 Å². The molecule has 5 nitrogen and oxygen atoms in total. The van der Waals surface area contributed by atoms with Crippen molar-refractivity contribution in [3.05, 3.63) is 12.3 Å². The summed E-state index contributed by atoms with van der Waals surface area (Å²) in [4.78, 5) is 18.8. The van der Waals surface area contributed by atoms with Crippen LogP contribution in [-0.2, 0) is 4.79 Å². The van der Waals surface area contributed by atoms with Crippen LogP contribution in [0.3, 0.4) is 0 Å². The summed E-state index contributed by atoms with van der Waals surface area (Å²) >= 11 is 0. The fraction of sp³-hybridized carbons (Fsp3) is 0.167. The molecule has 0 spiro atoms. The van der Waals surface area contributed by atoms with Gasteiger partial charge in [0.2, 0.25) is 11.9 Å². The molecule has 0 saturated heterocycles. The third-order valence-corrected chi connectivity index (χ3v) is 1.53. The summed E-state index contributed by atoms with van der Waals surface area (Å²) in [6, 6.07) is 0. The molecule has 0 unspecified atom stereocenters. The molecule has 2 aliphatic rings. The number of fused-ring (bicyclic) bond motifs is 1. The van der Waals surface area contributed by atoms with Crippen molar-refractivity contribution in [1.29, 1.82) is 0 Å². The fourth-order valence-electron chi connectivity index (χ4n) is 1.03. The first-order chi connectivity index (χ1) is 5.27. The lowest BCUT2D eigenvalue weighted by Crippen LogP contribution is -2.46. The van der Waals surface area contributed by atoms with Gasteiger partial charge < -0.3 is 5.73 Å². The van der Waals surface area contributed by atoms with E-state index in [1.807, 2.05) is 0 Å². The molecule has 3 N–H and O–H groups in total. The number of carbonyl (C=O) groups is 1. The van der Waals surface area contributed by atoms with E-state index in [1.54, 1.807) is 12.3 Å². The van der Waals surface area contributed by atoms with Crippen LogP contribution in [0.1, 0.15) is 0 Å². The molecule has 1 amide bonds. The maximum atomic E-state index is 11.1. The highest BCUT2D eigenvalue weighted by Crippen LogP contribution is 2.13. The van der Waals surface area contributed by atoms with Crippen LogP contribution in [0, 0.1) is 5.92 Å². The average Bonchev–Trinajstić information content (AvgIpc) is 2.34. The molecular weight excluding hydrogens is 144 g/mol. The monoisotopic (exact) mass is 150 g/mol. The Balaban J connectivity index is 2.42. The highest BCUT2D eigenvalue weighted by Gasteiger charge is 2.28. The minimum absolute atomic E-state index is 0.119. The van der Waals surface area contributed by atoms with Crippen molar-refractivity contribution >= 4 is 17.7 Å². The van der Waals surface area contributed by atoms with Crippen LogP contribution in [0.15, 0.2) is 22.3 Å². The lowest BCUT2D eigenvalue weighted by atomic mass is 10.1. The largest absolute Gasteiger partial charge is 0.369 e. The summed E-state index contributed by atoms with van der Waals surface area (Å²) in [5.41, 5.74) is 5.29. The second-order valence-corrected chi connectivity index (χ2v) is 2.29. The second-order valence-electron chi connectivity index (χ2n) is 2.29. The predicted octanol–water partition coefficient (Wildman–Crippen LogP) is -1.03. The third-order valence-electron chi connectivity index (χ3n) is 1.53. The number of hydrogen-bond donors (Lipinski definition) is 2. The summed E-state index contributed by atoms with van der Waals surface area (Å²) in [6.45, 7) is 0. The van der Waals surface area contributed by atoms with Gasteiger partial charge in [-0.3, -0.25) is 10.1 Å². The Morgan fingerprint density at radius 2 is 2.45 bits per heavy atom. The van der Waals surface area contributed by atoms with E-state index in [4.69, 9.17) is 5.73 Å². The summed E-state index contributed by atoms with van der Waals surface area (Å²) < 4.78 is 0. The normalized spacial score (nSPS) is 27.3. The third kappa shape index (κ3) is 0.813. The molecule has 1 atom stereocenters. The summed E-state index contributed by atoms with van der Waals surface area (Å²) in [5, 5.41) is 2.41. The highest BCUT2D eigenvalue weighted by molar-refractivity contribution is 6.18. The summed E-state index contributed by atoms with van der Waals surface area (Å²) in [6.07, 6.45) is 3.24. The van der Waals surface area contributed by atoms with E-state index < -0.39 is 0 Å². The van der Waals surface area contributed by atoms with E-state index in [1.165, 1.54) is 0 Å². The van der Waals surface area contributed by atoms with E-state index in [2.05, 4.69) is 15.3 Å². The molecule has 0 fully saturated rings. The Hall–Kier alpha value is -1.65. The van der Waals surface area contributed by atoms with Crippen LogP contribution in [0.4, 0.5) is 0 Å². The Labute approximate surface area is 62.7 Å². The molecule has 0 bridgehead atoms. The minimum Gasteiger partial charge on any atom is -0.369 e. The van der Waals surface area contributed by atoms with Crippen molar-refractivity contribution < 1.29 is 4.79 Å². The van der Waals surface area contributed by atoms with E-state index in [-0.39, 0.29) is 17.8 Å². The van der Waals surface area contributed by atoms with Crippen molar-refractivity contribution in [2.45, 2.75) is 0 Å². The summed E-state index contributed by atoms with van der Waals surface area (Å²) in [5.74, 6) is 0.104. The Morgan fingerprint density at radius 1 is 1.64 bits per heavy atom. The number of hydrogen-bond acceptors (Lipinski definition) is 4. The van der Waals surface area contributed by atoms with Crippen LogP contribution < -0.4 is 11.1 Å². The number of guanidine groups is 1. The molecule has 11 heavy (non-hydrogen) atoms. The molecule has 5 heteroatoms. The van der Waals surface area contributed by atoms with Gasteiger partial charge >= 0.3 is 0 Å². The molecule has 0 aliphatic carbocycles. The van der Waals surface area contributed by atoms with Gasteiger partial charge in [-0.15, -0.1) is 0 Å². The number of rotatable bonds is 0. The molecule has 2 heterocycles. The first kappa shape index (κ1) is 6.09. The number of amides is 1. The number of carbonyl (C=O) groups excluding carboxylic acids is 1. The minimum atomic E-state index is -0.331. The second kappa shape index (κ2) is 1.91. The van der Waals surface area contributed by atoms with Gasteiger partial charge in [0.15, 0.2) is 0 Å². The first-order valence-corrected chi connectivity index (χ1v) is 3.17. The van der Waals surface area contributed by atoms with Gasteiger partial charge in [-0.05, 0) is 6.08 Å². The van der Waals surface area contributed by atoms with Crippen molar-refractivity contribution in [2.24, 2.45) is 21.6 Å². The zero-order valence-corrected chi connectivity index (χ0v) is 5.61. The molecule has 0 aromatic carbocycles. The van der Waals surface area contributed by atoms with Gasteiger partial charge in [-0.1, -0.05) is 0 Å². The number of nitrogens with one attached hydrogen (secondary N) is 1. The van der Waals surface area contributed by atoms with Crippen molar-refractivity contribution in [2.75, 3.05) is 0 Å². The van der Waals surface area contributed by atoms with Gasteiger partial charge in [-0.25, -0.2) is 4.99 Å². The molecule has 56 valence electrons. The molecule has 0 radical (unpaired) electrons. The maximum absolute atomic E-state index is 11.1. The number of aliphatic imine (C=N–C) groups is 2. The number of nitrogens with two attached hydrogens (primary N) is 1. The van der Waals surface area contributed by atoms with Gasteiger partial charge in [0.25, 0.3) is 0 Å². The van der Waals surface area contributed by atoms with Gasteiger partial charge in [-0.2, -0.15) is 4.99 Å². The first-order valence-electron chi connectivity index (χ1n) is 3.17. The molecule has 0 aromatic heterocycles. The van der Waals surface area contributed by atoms with Crippen molar-refractivity contribution in [3.63, 3.8) is 0 Å². The molecule has 2 aliphatic heterocycles. The molecule has 0 saturated carbocycles. The SMILES string of the molecule is NC1=NC2=NC=C[C@H]2C(=O)N1. The van der Waals surface area contributed by atoms with Gasteiger partial charge in [0.1, 0.15) is 11.8 Å². The molecule has 2 rings (SSSR count). The number of amidine groups is 1. The van der Waals surface area contributed by atoms with Crippen LogP contribution in [-0.4, -0.2) is 17.7 Å². The van der Waals surface area contributed by atoms with Crippen molar-refractivity contribution in [3.8, 4) is 0 Å². The average molecular weight is 150 g/mol. The topological polar surface area (TPSA) is 79.8 Å². The Kier molecular flexibility index (Phi) is 1.06. The van der Waals surface area contributed by atoms with Crippen LogP contribution >= 0.6 is 0 Å². The standard InChI is InChI=1S/C6H6N4O/c7-6-9-4-3(1-2-8-4)5(11)10-6/h1-3H,(H3,7,8,9,10,11)/t3-/m1/s1. The zero-order valence-electron chi connectivity index (χ0n) is 5.61. The highest BCUT2D eigenvalue weighted by atomic mass is 16.2. The lowest BCUT2D eigenvalue weighted by Gasteiger charge is -2.14. The van der Waals surface area contributed by atoms with Crippen LogP contribution in [0.5, 0.6) is 0 Å². The Morgan fingerprint density at radius 3 is 3.27 bits per heavy atom. The smallest absolute Gasteiger partial charge is 0.241 e. The lowest BCUT2D eigenvalue weighted by molar-refractivity contribution is -0.120. The molecular formula is C6H6N4O. The number of nitrogens with zero attached hydrogens (tertiary/aromatic N) is 2. The Bertz CT molecular complexity index is 302. The van der Waals surface area contributed by atoms with Crippen LogP contribution in [0.25, 0.3) is 0 Å². The van der Waals surface area contributed by atoms with Gasteiger partial charge in [0, 0.05) is 6.20 Å².